The molecule has 0 aromatic carbocycles. The fraction of sp³-hybridized carbons (Fsp3) is 0.625. The van der Waals surface area contributed by atoms with Crippen LogP contribution in [0.5, 0.6) is 0 Å². The van der Waals surface area contributed by atoms with Crippen molar-refractivity contribution in [1.82, 2.24) is 10.3 Å². The predicted octanol–water partition coefficient (Wildman–Crippen LogP) is 2.55. The molecule has 0 atom stereocenters. The van der Waals surface area contributed by atoms with E-state index in [9.17, 15) is 4.79 Å². The molecule has 0 unspecified atom stereocenters. The summed E-state index contributed by atoms with van der Waals surface area (Å²) in [5, 5.41) is 6.30. The Balaban J connectivity index is 1.51. The number of anilines is 2. The molecule has 4 N–H and O–H groups in total. The molecule has 0 spiro atoms. The topological polar surface area (TPSA) is 80.0 Å². The third-order valence-electron chi connectivity index (χ3n) is 3.97. The van der Waals surface area contributed by atoms with Crippen LogP contribution in [0.25, 0.3) is 0 Å². The van der Waals surface area contributed by atoms with E-state index in [1.54, 1.807) is 6.20 Å². The number of nitrogens with zero attached hydrogens (tertiary/aromatic N) is 1. The van der Waals surface area contributed by atoms with Crippen LogP contribution in [0.15, 0.2) is 18.3 Å². The molecule has 5 heteroatoms. The van der Waals surface area contributed by atoms with Gasteiger partial charge in [0.1, 0.15) is 5.82 Å². The first-order chi connectivity index (χ1) is 10.3. The van der Waals surface area contributed by atoms with Crippen LogP contribution in [-0.4, -0.2) is 24.0 Å². The number of nitrogens with one attached hydrogen (secondary N) is 2. The number of nitrogens with two attached hydrogens (primary N) is 1. The summed E-state index contributed by atoms with van der Waals surface area (Å²) in [5.41, 5.74) is 6.25. The third kappa shape index (κ3) is 5.61. The largest absolute Gasteiger partial charge is 0.397 e. The molecule has 2 rings (SSSR count). The number of aromatic nitrogens is 1. The van der Waals surface area contributed by atoms with Crippen molar-refractivity contribution in [1.29, 1.82) is 0 Å². The van der Waals surface area contributed by atoms with Crippen molar-refractivity contribution in [3.05, 3.63) is 18.3 Å². The summed E-state index contributed by atoms with van der Waals surface area (Å²) >= 11 is 0. The molecule has 1 aromatic heterocycles. The first kappa shape index (κ1) is 15.6. The number of carbonyl (C=O) groups excluding carboxylic acids is 1. The SMILES string of the molecule is Nc1ccc(NCCCCNC(=O)C2CCCCC2)nc1. The van der Waals surface area contributed by atoms with Gasteiger partial charge in [-0.15, -0.1) is 0 Å². The Kier molecular flexibility index (Phi) is 6.31. The summed E-state index contributed by atoms with van der Waals surface area (Å²) in [6, 6.07) is 3.71. The van der Waals surface area contributed by atoms with Crippen LogP contribution in [0.3, 0.4) is 0 Å². The minimum absolute atomic E-state index is 0.253. The second kappa shape index (κ2) is 8.49. The molecule has 0 saturated heterocycles. The Morgan fingerprint density at radius 2 is 1.95 bits per heavy atom. The molecule has 5 nitrogen and oxygen atoms in total. The van der Waals surface area contributed by atoms with E-state index in [4.69, 9.17) is 5.73 Å². The number of pyridine rings is 1. The molecule has 0 bridgehead atoms. The summed E-state index contributed by atoms with van der Waals surface area (Å²) in [5.74, 6) is 1.36. The molecule has 1 fully saturated rings. The lowest BCUT2D eigenvalue weighted by Gasteiger charge is -2.20. The van der Waals surface area contributed by atoms with Gasteiger partial charge in [-0.05, 0) is 37.8 Å². The summed E-state index contributed by atoms with van der Waals surface area (Å²) in [6.45, 7) is 1.63. The van der Waals surface area contributed by atoms with E-state index in [1.165, 1.54) is 19.3 Å². The second-order valence-electron chi connectivity index (χ2n) is 5.74. The maximum absolute atomic E-state index is 11.9. The molecule has 1 aliphatic carbocycles. The van der Waals surface area contributed by atoms with Crippen molar-refractivity contribution in [2.75, 3.05) is 24.1 Å². The van der Waals surface area contributed by atoms with Crippen molar-refractivity contribution in [3.63, 3.8) is 0 Å². The van der Waals surface area contributed by atoms with Crippen LogP contribution < -0.4 is 16.4 Å². The van der Waals surface area contributed by atoms with E-state index in [0.717, 1.165) is 44.6 Å². The van der Waals surface area contributed by atoms with Gasteiger partial charge in [0.05, 0.1) is 11.9 Å². The number of carbonyl (C=O) groups is 1. The van der Waals surface area contributed by atoms with E-state index in [2.05, 4.69) is 15.6 Å². The molecule has 1 heterocycles. The maximum atomic E-state index is 11.9. The summed E-state index contributed by atoms with van der Waals surface area (Å²) in [6.07, 6.45) is 9.47. The highest BCUT2D eigenvalue weighted by Crippen LogP contribution is 2.23. The third-order valence-corrected chi connectivity index (χ3v) is 3.97. The fourth-order valence-electron chi connectivity index (χ4n) is 2.70. The van der Waals surface area contributed by atoms with Crippen molar-refractivity contribution >= 4 is 17.4 Å². The van der Waals surface area contributed by atoms with Crippen molar-refractivity contribution in [2.24, 2.45) is 5.92 Å². The minimum Gasteiger partial charge on any atom is -0.397 e. The van der Waals surface area contributed by atoms with Crippen LogP contribution in [0, 0.1) is 5.92 Å². The summed E-state index contributed by atoms with van der Waals surface area (Å²) in [4.78, 5) is 16.1. The lowest BCUT2D eigenvalue weighted by Crippen LogP contribution is -2.32. The van der Waals surface area contributed by atoms with E-state index < -0.39 is 0 Å². The molecule has 1 amide bonds. The first-order valence-corrected chi connectivity index (χ1v) is 7.99. The molecule has 21 heavy (non-hydrogen) atoms. The number of nitrogen functional groups attached to an aromatic ring is 1. The molecular weight excluding hydrogens is 264 g/mol. The number of rotatable bonds is 7. The number of amides is 1. The molecule has 1 aliphatic rings. The highest BCUT2D eigenvalue weighted by Gasteiger charge is 2.20. The Labute approximate surface area is 126 Å². The predicted molar refractivity (Wildman–Crippen MR) is 86.0 cm³/mol. The van der Waals surface area contributed by atoms with Crippen LogP contribution in [-0.2, 0) is 4.79 Å². The number of hydrogen-bond acceptors (Lipinski definition) is 4. The summed E-state index contributed by atoms with van der Waals surface area (Å²) in [7, 11) is 0. The second-order valence-corrected chi connectivity index (χ2v) is 5.74. The van der Waals surface area contributed by atoms with Gasteiger partial charge in [0.15, 0.2) is 0 Å². The summed E-state index contributed by atoms with van der Waals surface area (Å²) < 4.78 is 0. The fourth-order valence-corrected chi connectivity index (χ4v) is 2.70. The Morgan fingerprint density at radius 1 is 1.19 bits per heavy atom. The average Bonchev–Trinajstić information content (AvgIpc) is 2.53. The van der Waals surface area contributed by atoms with Gasteiger partial charge >= 0.3 is 0 Å². The minimum atomic E-state index is 0.253. The molecule has 0 aliphatic heterocycles. The smallest absolute Gasteiger partial charge is 0.223 e. The zero-order valence-corrected chi connectivity index (χ0v) is 12.6. The van der Waals surface area contributed by atoms with Gasteiger partial charge < -0.3 is 16.4 Å². The highest BCUT2D eigenvalue weighted by molar-refractivity contribution is 5.78. The molecule has 116 valence electrons. The van der Waals surface area contributed by atoms with Gasteiger partial charge in [-0.25, -0.2) is 4.98 Å². The highest BCUT2D eigenvalue weighted by atomic mass is 16.1. The zero-order chi connectivity index (χ0) is 14.9. The Morgan fingerprint density at radius 3 is 2.67 bits per heavy atom. The van der Waals surface area contributed by atoms with Crippen molar-refractivity contribution < 1.29 is 4.79 Å². The molecule has 1 saturated carbocycles. The van der Waals surface area contributed by atoms with Crippen LogP contribution in [0.1, 0.15) is 44.9 Å². The monoisotopic (exact) mass is 290 g/mol. The van der Waals surface area contributed by atoms with Gasteiger partial charge in [0.25, 0.3) is 0 Å². The van der Waals surface area contributed by atoms with E-state index >= 15 is 0 Å². The van der Waals surface area contributed by atoms with Gasteiger partial charge in [0, 0.05) is 19.0 Å². The van der Waals surface area contributed by atoms with Crippen molar-refractivity contribution in [3.8, 4) is 0 Å². The Bertz CT molecular complexity index is 426. The first-order valence-electron chi connectivity index (χ1n) is 7.99. The number of hydrogen-bond donors (Lipinski definition) is 3. The molecule has 1 aromatic rings. The van der Waals surface area contributed by atoms with Crippen molar-refractivity contribution in [2.45, 2.75) is 44.9 Å². The van der Waals surface area contributed by atoms with Crippen LogP contribution in [0.4, 0.5) is 11.5 Å². The van der Waals surface area contributed by atoms with Gasteiger partial charge in [0.2, 0.25) is 5.91 Å². The maximum Gasteiger partial charge on any atom is 0.223 e. The Hall–Kier alpha value is -1.78. The van der Waals surface area contributed by atoms with E-state index in [0.29, 0.717) is 5.69 Å². The number of unbranched alkanes of at least 4 members (excludes halogenated alkanes) is 1. The quantitative estimate of drug-likeness (QED) is 0.674. The normalized spacial score (nSPS) is 15.6. The van der Waals surface area contributed by atoms with Crippen LogP contribution >= 0.6 is 0 Å². The lowest BCUT2D eigenvalue weighted by molar-refractivity contribution is -0.125. The van der Waals surface area contributed by atoms with E-state index in [1.807, 2.05) is 12.1 Å². The van der Waals surface area contributed by atoms with Gasteiger partial charge in [-0.2, -0.15) is 0 Å². The molecule has 0 radical (unpaired) electrons. The molecular formula is C16H26N4O. The van der Waals surface area contributed by atoms with Crippen LogP contribution in [0.2, 0.25) is 0 Å². The van der Waals surface area contributed by atoms with E-state index in [-0.39, 0.29) is 11.8 Å². The van der Waals surface area contributed by atoms with Gasteiger partial charge in [-0.1, -0.05) is 19.3 Å². The lowest BCUT2D eigenvalue weighted by atomic mass is 9.89. The van der Waals surface area contributed by atoms with Gasteiger partial charge in [-0.3, -0.25) is 4.79 Å². The standard InChI is InChI=1S/C16H26N4O/c17-14-8-9-15(20-12-14)18-10-4-5-11-19-16(21)13-6-2-1-3-7-13/h8-9,12-13H,1-7,10-11,17H2,(H,18,20)(H,19,21). The zero-order valence-electron chi connectivity index (χ0n) is 12.6. The average molecular weight is 290 g/mol.